The number of likely N-dealkylation sites (tertiary alicyclic amines) is 1. The van der Waals surface area contributed by atoms with Crippen LogP contribution in [0.1, 0.15) is 113 Å². The van der Waals surface area contributed by atoms with Crippen molar-refractivity contribution in [3.05, 3.63) is 0 Å². The molecule has 0 aromatic carbocycles. The summed E-state index contributed by atoms with van der Waals surface area (Å²) in [4.78, 5) is 69.8. The Morgan fingerprint density at radius 2 is 1.59 bits per heavy atom. The molecule has 1 heterocycles. The second kappa shape index (κ2) is 14.5. The first-order valence-corrected chi connectivity index (χ1v) is 19.6. The van der Waals surface area contributed by atoms with Gasteiger partial charge in [-0.2, -0.15) is 0 Å². The number of ketones is 1. The Morgan fingerprint density at radius 3 is 2.12 bits per heavy atom. The number of hydrogen-bond acceptors (Lipinski definition) is 7. The molecule has 0 aromatic rings. The van der Waals surface area contributed by atoms with Crippen LogP contribution in [0.5, 0.6) is 0 Å². The van der Waals surface area contributed by atoms with Crippen LogP contribution in [0.2, 0.25) is 0 Å². The summed E-state index contributed by atoms with van der Waals surface area (Å²) in [6.07, 6.45) is 6.85. The lowest BCUT2D eigenvalue weighted by atomic mass is 9.79. The molecule has 4 aliphatic rings. The molecule has 6 atom stereocenters. The standard InChI is InChI=1S/C35H60N6O7S/c1-10-11-15-24(27(42)30(44)36-22-16-17-22)37-29(43)26-25-23(34(25,6)7)20-41(26)31(45)28(33(3,4)5)38-32(46)39-35(18-13-12-14-19-35)21(2)49(47,48)40(8)9/h21-26,28H,10-20H2,1-9H3,(H,36,44)(H,37,43)(H2,38,39,46)/t21-,23+,24+,25+,26+,28-/m1/s1. The zero-order chi connectivity index (χ0) is 36.7. The van der Waals surface area contributed by atoms with Gasteiger partial charge in [0.05, 0.1) is 16.8 Å². The number of fused-ring (bicyclic) bond motifs is 1. The molecule has 14 heteroatoms. The van der Waals surface area contributed by atoms with E-state index >= 15 is 0 Å². The maximum absolute atomic E-state index is 14.5. The van der Waals surface area contributed by atoms with E-state index in [0.29, 0.717) is 32.2 Å². The van der Waals surface area contributed by atoms with Gasteiger partial charge < -0.3 is 26.2 Å². The molecule has 0 unspecified atom stereocenters. The highest BCUT2D eigenvalue weighted by Gasteiger charge is 2.70. The van der Waals surface area contributed by atoms with E-state index < -0.39 is 73.9 Å². The number of Topliss-reactive ketones (excluding diaryl/α,β-unsaturated/α-hetero) is 1. The molecule has 278 valence electrons. The van der Waals surface area contributed by atoms with Gasteiger partial charge in [-0.1, -0.05) is 73.6 Å². The molecular weight excluding hydrogens is 648 g/mol. The fourth-order valence-electron chi connectivity index (χ4n) is 8.01. The average molecular weight is 709 g/mol. The molecule has 13 nitrogen and oxygen atoms in total. The molecule has 0 spiro atoms. The third-order valence-corrected chi connectivity index (χ3v) is 14.0. The number of sulfonamides is 1. The summed E-state index contributed by atoms with van der Waals surface area (Å²) in [5.74, 6) is -2.34. The number of carbonyl (C=O) groups excluding carboxylic acids is 5. The van der Waals surface area contributed by atoms with E-state index in [1.54, 1.807) is 6.92 Å². The highest BCUT2D eigenvalue weighted by molar-refractivity contribution is 7.89. The van der Waals surface area contributed by atoms with Gasteiger partial charge in [0.2, 0.25) is 27.6 Å². The lowest BCUT2D eigenvalue weighted by Crippen LogP contribution is -2.65. The average Bonchev–Trinajstić information content (AvgIpc) is 3.87. The van der Waals surface area contributed by atoms with Gasteiger partial charge in [0.15, 0.2) is 0 Å². The number of urea groups is 1. The van der Waals surface area contributed by atoms with Gasteiger partial charge in [0.1, 0.15) is 12.1 Å². The summed E-state index contributed by atoms with van der Waals surface area (Å²) in [6, 6.07) is -3.54. The summed E-state index contributed by atoms with van der Waals surface area (Å²) >= 11 is 0. The monoisotopic (exact) mass is 708 g/mol. The van der Waals surface area contributed by atoms with E-state index in [-0.39, 0.29) is 23.3 Å². The van der Waals surface area contributed by atoms with Crippen molar-refractivity contribution in [1.82, 2.24) is 30.5 Å². The summed E-state index contributed by atoms with van der Waals surface area (Å²) in [5.41, 5.74) is -1.97. The lowest BCUT2D eigenvalue weighted by Gasteiger charge is -2.44. The molecular formula is C35H60N6O7S. The second-order valence-electron chi connectivity index (χ2n) is 16.8. The van der Waals surface area contributed by atoms with E-state index in [1.807, 2.05) is 27.7 Å². The first-order valence-electron chi connectivity index (χ1n) is 18.1. The van der Waals surface area contributed by atoms with Gasteiger partial charge in [-0.05, 0) is 61.7 Å². The van der Waals surface area contributed by atoms with Crippen molar-refractivity contribution in [2.45, 2.75) is 148 Å². The fourth-order valence-corrected chi connectivity index (χ4v) is 9.51. The third kappa shape index (κ3) is 8.26. The zero-order valence-electron chi connectivity index (χ0n) is 31.0. The Morgan fingerprint density at radius 1 is 0.980 bits per heavy atom. The molecule has 4 rings (SSSR count). The maximum Gasteiger partial charge on any atom is 0.315 e. The van der Waals surface area contributed by atoms with Crippen LogP contribution in [-0.4, -0.2) is 103 Å². The number of unbranched alkanes of at least 4 members (excludes halogenated alkanes) is 1. The number of nitrogens with one attached hydrogen (secondary N) is 4. The Labute approximate surface area is 292 Å². The highest BCUT2D eigenvalue weighted by Crippen LogP contribution is 2.65. The molecule has 0 radical (unpaired) electrons. The quantitative estimate of drug-likeness (QED) is 0.201. The first kappa shape index (κ1) is 39.1. The largest absolute Gasteiger partial charge is 0.347 e. The van der Waals surface area contributed by atoms with Crippen LogP contribution in [0.15, 0.2) is 0 Å². The van der Waals surface area contributed by atoms with Gasteiger partial charge in [-0.25, -0.2) is 17.5 Å². The normalized spacial score (nSPS) is 26.2. The Balaban J connectivity index is 1.55. The minimum absolute atomic E-state index is 0.00238. The highest BCUT2D eigenvalue weighted by atomic mass is 32.2. The Hall–Kier alpha value is -2.74. The molecule has 5 amide bonds. The summed E-state index contributed by atoms with van der Waals surface area (Å²) in [6.45, 7) is 13.5. The number of rotatable bonds is 14. The van der Waals surface area contributed by atoms with Crippen LogP contribution in [-0.2, 0) is 29.2 Å². The summed E-state index contributed by atoms with van der Waals surface area (Å²) in [5, 5.41) is 10.6. The topological polar surface area (TPSA) is 174 Å². The van der Waals surface area contributed by atoms with Gasteiger partial charge in [0, 0.05) is 26.7 Å². The maximum atomic E-state index is 14.5. The molecule has 3 saturated carbocycles. The molecule has 0 bridgehead atoms. The fraction of sp³-hybridized carbons (Fsp3) is 0.857. The third-order valence-electron chi connectivity index (χ3n) is 11.6. The predicted molar refractivity (Wildman–Crippen MR) is 187 cm³/mol. The van der Waals surface area contributed by atoms with E-state index in [4.69, 9.17) is 0 Å². The lowest BCUT2D eigenvalue weighted by molar-refractivity contribution is -0.145. The van der Waals surface area contributed by atoms with Crippen LogP contribution in [0, 0.1) is 22.7 Å². The number of carbonyl (C=O) groups is 5. The van der Waals surface area contributed by atoms with Crippen LogP contribution in [0.25, 0.3) is 0 Å². The van der Waals surface area contributed by atoms with Gasteiger partial charge in [-0.3, -0.25) is 19.2 Å². The van der Waals surface area contributed by atoms with Gasteiger partial charge >= 0.3 is 6.03 Å². The van der Waals surface area contributed by atoms with E-state index in [0.717, 1.165) is 38.5 Å². The minimum atomic E-state index is -3.70. The van der Waals surface area contributed by atoms with Crippen molar-refractivity contribution in [2.75, 3.05) is 20.6 Å². The molecule has 3 aliphatic carbocycles. The molecule has 1 saturated heterocycles. The van der Waals surface area contributed by atoms with Crippen molar-refractivity contribution in [2.24, 2.45) is 22.7 Å². The van der Waals surface area contributed by atoms with Crippen molar-refractivity contribution >= 4 is 39.6 Å². The van der Waals surface area contributed by atoms with Crippen LogP contribution >= 0.6 is 0 Å². The van der Waals surface area contributed by atoms with Crippen molar-refractivity contribution < 1.29 is 32.4 Å². The number of hydrogen-bond donors (Lipinski definition) is 4. The van der Waals surface area contributed by atoms with E-state index in [1.165, 1.54) is 23.3 Å². The van der Waals surface area contributed by atoms with Crippen molar-refractivity contribution in [3.63, 3.8) is 0 Å². The molecule has 4 fully saturated rings. The van der Waals surface area contributed by atoms with Crippen LogP contribution in [0.4, 0.5) is 4.79 Å². The number of nitrogens with zero attached hydrogens (tertiary/aromatic N) is 2. The van der Waals surface area contributed by atoms with E-state index in [2.05, 4.69) is 35.1 Å². The van der Waals surface area contributed by atoms with Crippen molar-refractivity contribution in [1.29, 1.82) is 0 Å². The smallest absolute Gasteiger partial charge is 0.315 e. The predicted octanol–water partition coefficient (Wildman–Crippen LogP) is 2.69. The number of amides is 5. The Kier molecular flexibility index (Phi) is 11.5. The van der Waals surface area contributed by atoms with Gasteiger partial charge in [0.25, 0.3) is 5.91 Å². The van der Waals surface area contributed by atoms with E-state index in [9.17, 15) is 32.4 Å². The number of piperidine rings is 1. The SMILES string of the molecule is CCCC[C@H](NC(=O)[C@@H]1[C@@H]2[C@H](CN1C(=O)[C@@H](NC(=O)NC1([C@@H](C)S(=O)(=O)N(C)C)CCCCC1)C(C)(C)C)C2(C)C)C(=O)C(=O)NC1CC1. The van der Waals surface area contributed by atoms with Crippen LogP contribution in [0.3, 0.4) is 0 Å². The first-order chi connectivity index (χ1) is 22.7. The Bertz CT molecular complexity index is 1400. The summed E-state index contributed by atoms with van der Waals surface area (Å²) in [7, 11) is -0.740. The zero-order valence-corrected chi connectivity index (χ0v) is 31.8. The minimum Gasteiger partial charge on any atom is -0.347 e. The summed E-state index contributed by atoms with van der Waals surface area (Å²) < 4.78 is 27.7. The molecule has 0 aromatic heterocycles. The van der Waals surface area contributed by atoms with Crippen molar-refractivity contribution in [3.8, 4) is 0 Å². The van der Waals surface area contributed by atoms with Gasteiger partial charge in [-0.15, -0.1) is 0 Å². The molecule has 49 heavy (non-hydrogen) atoms. The second-order valence-corrected chi connectivity index (χ2v) is 19.3. The van der Waals surface area contributed by atoms with Crippen LogP contribution < -0.4 is 21.3 Å². The molecule has 4 N–H and O–H groups in total. The molecule has 1 aliphatic heterocycles.